The Morgan fingerprint density at radius 1 is 0.963 bits per heavy atom. The van der Waals surface area contributed by atoms with Crippen LogP contribution in [-0.2, 0) is 13.1 Å². The maximum absolute atomic E-state index is 13.5. The van der Waals surface area contributed by atoms with E-state index in [9.17, 15) is 4.39 Å². The van der Waals surface area contributed by atoms with E-state index in [-0.39, 0.29) is 11.9 Å². The Morgan fingerprint density at radius 3 is 2.41 bits per heavy atom. The van der Waals surface area contributed by atoms with E-state index in [1.54, 1.807) is 12.1 Å². The van der Waals surface area contributed by atoms with Crippen molar-refractivity contribution in [3.8, 4) is 0 Å². The largest absolute Gasteiger partial charge is 0.350 e. The van der Waals surface area contributed by atoms with Crippen LogP contribution in [0, 0.1) is 5.82 Å². The Hall–Kier alpha value is -2.39. The van der Waals surface area contributed by atoms with Gasteiger partial charge in [-0.25, -0.2) is 4.39 Å². The minimum atomic E-state index is -0.182. The molecule has 1 aromatic heterocycles. The third-order valence-corrected chi connectivity index (χ3v) is 5.57. The van der Waals surface area contributed by atoms with Gasteiger partial charge in [-0.15, -0.1) is 0 Å². The number of halogens is 1. The van der Waals surface area contributed by atoms with Crippen molar-refractivity contribution >= 4 is 0 Å². The van der Waals surface area contributed by atoms with Gasteiger partial charge in [0.25, 0.3) is 0 Å². The van der Waals surface area contributed by atoms with E-state index in [1.807, 2.05) is 12.1 Å². The lowest BCUT2D eigenvalue weighted by molar-refractivity contribution is 0.220. The summed E-state index contributed by atoms with van der Waals surface area (Å²) in [5.74, 6) is 0.367. The van der Waals surface area contributed by atoms with Crippen LogP contribution in [0.3, 0.4) is 0 Å². The molecule has 0 saturated heterocycles. The first-order valence-electron chi connectivity index (χ1n) is 9.85. The van der Waals surface area contributed by atoms with E-state index in [0.29, 0.717) is 5.92 Å². The van der Waals surface area contributed by atoms with Crippen LogP contribution in [0.25, 0.3) is 0 Å². The Labute approximate surface area is 161 Å². The first-order chi connectivity index (χ1) is 13.1. The van der Waals surface area contributed by atoms with Gasteiger partial charge in [-0.2, -0.15) is 0 Å². The third-order valence-electron chi connectivity index (χ3n) is 5.57. The summed E-state index contributed by atoms with van der Waals surface area (Å²) in [5.41, 5.74) is 5.14. The summed E-state index contributed by atoms with van der Waals surface area (Å²) in [4.78, 5) is 2.52. The summed E-state index contributed by atoms with van der Waals surface area (Å²) in [6.07, 6.45) is 3.27. The van der Waals surface area contributed by atoms with E-state index in [2.05, 4.69) is 65.9 Å². The second-order valence-electron chi connectivity index (χ2n) is 7.80. The molecule has 2 heterocycles. The number of hydrogen-bond acceptors (Lipinski definition) is 1. The lowest BCUT2D eigenvalue weighted by Crippen LogP contribution is -2.29. The molecule has 140 valence electrons. The fraction of sp³-hybridized carbons (Fsp3) is 0.333. The lowest BCUT2D eigenvalue weighted by atomic mass is 9.99. The van der Waals surface area contributed by atoms with Gasteiger partial charge in [-0.3, -0.25) is 4.90 Å². The average molecular weight is 362 g/mol. The average Bonchev–Trinajstić information content (AvgIpc) is 3.05. The number of benzene rings is 2. The van der Waals surface area contributed by atoms with Gasteiger partial charge in [0.05, 0.1) is 6.04 Å². The highest BCUT2D eigenvalue weighted by molar-refractivity contribution is 5.31. The van der Waals surface area contributed by atoms with Gasteiger partial charge in [-0.05, 0) is 53.3 Å². The fourth-order valence-corrected chi connectivity index (χ4v) is 4.08. The number of nitrogens with zero attached hydrogens (tertiary/aromatic N) is 2. The van der Waals surface area contributed by atoms with Gasteiger partial charge in [0, 0.05) is 31.5 Å². The van der Waals surface area contributed by atoms with Crippen LogP contribution >= 0.6 is 0 Å². The van der Waals surface area contributed by atoms with E-state index in [1.165, 1.54) is 16.8 Å². The maximum atomic E-state index is 13.5. The second-order valence-corrected chi connectivity index (χ2v) is 7.80. The van der Waals surface area contributed by atoms with Crippen LogP contribution in [0.5, 0.6) is 0 Å². The first-order valence-corrected chi connectivity index (χ1v) is 9.85. The lowest BCUT2D eigenvalue weighted by Gasteiger charge is -2.31. The Morgan fingerprint density at radius 2 is 1.70 bits per heavy atom. The van der Waals surface area contributed by atoms with E-state index in [4.69, 9.17) is 0 Å². The van der Waals surface area contributed by atoms with Crippen molar-refractivity contribution in [2.24, 2.45) is 0 Å². The van der Waals surface area contributed by atoms with Crippen molar-refractivity contribution in [3.63, 3.8) is 0 Å². The Kier molecular flexibility index (Phi) is 5.13. The SMILES string of the molecule is CC(C)c1ccc(CN2CCCn3cccc3C2c2ccc(F)cc2)cc1. The molecule has 0 radical (unpaired) electrons. The summed E-state index contributed by atoms with van der Waals surface area (Å²) < 4.78 is 15.8. The van der Waals surface area contributed by atoms with Crippen LogP contribution in [0.1, 0.15) is 54.6 Å². The maximum Gasteiger partial charge on any atom is 0.123 e. The number of aromatic nitrogens is 1. The minimum absolute atomic E-state index is 0.146. The van der Waals surface area contributed by atoms with E-state index < -0.39 is 0 Å². The molecule has 1 unspecified atom stereocenters. The number of hydrogen-bond donors (Lipinski definition) is 0. The third kappa shape index (κ3) is 3.84. The fourth-order valence-electron chi connectivity index (χ4n) is 4.08. The molecule has 27 heavy (non-hydrogen) atoms. The quantitative estimate of drug-likeness (QED) is 0.574. The van der Waals surface area contributed by atoms with E-state index in [0.717, 1.165) is 31.6 Å². The molecule has 1 aliphatic heterocycles. The smallest absolute Gasteiger partial charge is 0.123 e. The summed E-state index contributed by atoms with van der Waals surface area (Å²) in [6, 6.07) is 20.5. The van der Waals surface area contributed by atoms with Gasteiger partial charge in [0.2, 0.25) is 0 Å². The van der Waals surface area contributed by atoms with Crippen molar-refractivity contribution < 1.29 is 4.39 Å². The van der Waals surface area contributed by atoms with Crippen molar-refractivity contribution in [1.82, 2.24) is 9.47 Å². The molecular formula is C24H27FN2. The molecule has 1 atom stereocenters. The molecule has 0 fully saturated rings. The van der Waals surface area contributed by atoms with Crippen molar-refractivity contribution in [2.75, 3.05) is 6.54 Å². The molecule has 1 aliphatic rings. The van der Waals surface area contributed by atoms with Gasteiger partial charge in [-0.1, -0.05) is 50.2 Å². The molecule has 2 aromatic carbocycles. The van der Waals surface area contributed by atoms with Crippen LogP contribution in [0.2, 0.25) is 0 Å². The molecule has 0 N–H and O–H groups in total. The Bertz CT molecular complexity index is 878. The highest BCUT2D eigenvalue weighted by atomic mass is 19.1. The molecule has 0 aliphatic carbocycles. The molecule has 2 nitrogen and oxygen atoms in total. The molecule has 0 saturated carbocycles. The summed E-state index contributed by atoms with van der Waals surface area (Å²) >= 11 is 0. The van der Waals surface area contributed by atoms with Crippen LogP contribution in [0.15, 0.2) is 66.9 Å². The van der Waals surface area contributed by atoms with Gasteiger partial charge in [0.15, 0.2) is 0 Å². The van der Waals surface area contributed by atoms with Crippen LogP contribution in [-0.4, -0.2) is 16.0 Å². The summed E-state index contributed by atoms with van der Waals surface area (Å²) in [7, 11) is 0. The zero-order valence-electron chi connectivity index (χ0n) is 16.1. The standard InChI is InChI=1S/C24H27FN2/c1-18(2)20-8-6-19(7-9-20)17-27-16-4-15-26-14-3-5-23(26)24(27)21-10-12-22(25)13-11-21/h3,5-14,18,24H,4,15-17H2,1-2H3. The highest BCUT2D eigenvalue weighted by Gasteiger charge is 2.27. The second kappa shape index (κ2) is 7.69. The zero-order chi connectivity index (χ0) is 18.8. The van der Waals surface area contributed by atoms with Crippen molar-refractivity contribution in [1.29, 1.82) is 0 Å². The van der Waals surface area contributed by atoms with Crippen molar-refractivity contribution in [3.05, 3.63) is 95.1 Å². The highest BCUT2D eigenvalue weighted by Crippen LogP contribution is 2.33. The number of fused-ring (bicyclic) bond motifs is 1. The molecule has 4 rings (SSSR count). The monoisotopic (exact) mass is 362 g/mol. The topological polar surface area (TPSA) is 8.17 Å². The van der Waals surface area contributed by atoms with Crippen LogP contribution in [0.4, 0.5) is 4.39 Å². The minimum Gasteiger partial charge on any atom is -0.350 e. The van der Waals surface area contributed by atoms with Gasteiger partial charge in [0.1, 0.15) is 5.82 Å². The molecule has 0 bridgehead atoms. The molecular weight excluding hydrogens is 335 g/mol. The van der Waals surface area contributed by atoms with Gasteiger partial charge < -0.3 is 4.57 Å². The van der Waals surface area contributed by atoms with Crippen molar-refractivity contribution in [2.45, 2.75) is 45.3 Å². The predicted molar refractivity (Wildman–Crippen MR) is 108 cm³/mol. The first kappa shape index (κ1) is 18.0. The number of rotatable bonds is 4. The van der Waals surface area contributed by atoms with Crippen LogP contribution < -0.4 is 0 Å². The molecule has 0 amide bonds. The molecule has 0 spiro atoms. The normalized spacial score (nSPS) is 17.7. The predicted octanol–water partition coefficient (Wildman–Crippen LogP) is 5.75. The van der Waals surface area contributed by atoms with Gasteiger partial charge >= 0.3 is 0 Å². The molecule has 3 aromatic rings. The summed E-state index contributed by atoms with van der Waals surface area (Å²) in [6.45, 7) is 7.40. The number of aryl methyl sites for hydroxylation is 1. The Balaban J connectivity index is 1.67. The molecule has 3 heteroatoms. The summed E-state index contributed by atoms with van der Waals surface area (Å²) in [5, 5.41) is 0. The van der Waals surface area contributed by atoms with E-state index >= 15 is 0 Å². The zero-order valence-corrected chi connectivity index (χ0v) is 16.1.